The minimum Gasteiger partial charge on any atom is -0.391 e. The molecule has 3 heteroatoms. The zero-order valence-electron chi connectivity index (χ0n) is 6.95. The third-order valence-electron chi connectivity index (χ3n) is 3.07. The molecule has 0 aromatic carbocycles. The van der Waals surface area contributed by atoms with Gasteiger partial charge in [0.25, 0.3) is 0 Å². The Bertz CT molecular complexity index is 151. The van der Waals surface area contributed by atoms with Crippen molar-refractivity contribution in [1.29, 1.82) is 0 Å². The molecule has 3 atom stereocenters. The van der Waals surface area contributed by atoms with Gasteiger partial charge in [0.1, 0.15) is 0 Å². The lowest BCUT2D eigenvalue weighted by molar-refractivity contribution is -0.0235. The van der Waals surface area contributed by atoms with Gasteiger partial charge in [-0.25, -0.2) is 0 Å². The minimum absolute atomic E-state index is 0.107. The van der Waals surface area contributed by atoms with Crippen molar-refractivity contribution in [3.63, 3.8) is 0 Å². The molecule has 2 heterocycles. The molecule has 0 aromatic rings. The first-order chi connectivity index (χ1) is 5.29. The van der Waals surface area contributed by atoms with Crippen LogP contribution < -0.4 is 5.32 Å². The van der Waals surface area contributed by atoms with Gasteiger partial charge in [-0.3, -0.25) is 4.90 Å². The molecule has 2 N–H and O–H groups in total. The number of aliphatic hydroxyl groups excluding tert-OH is 1. The van der Waals surface area contributed by atoms with Crippen LogP contribution in [0.4, 0.5) is 0 Å². The molecule has 0 aromatic heterocycles. The molecule has 3 nitrogen and oxygen atoms in total. The van der Waals surface area contributed by atoms with E-state index in [2.05, 4.69) is 17.3 Å². The Labute approximate surface area is 67.4 Å². The standard InChI is InChI=1S/C8H16N2O/c1-10-6-2-3-8(11)7(10)5-9-4-6/h6-9,11H,2-5H2,1H3/t6-,7+,8+/m0/s1. The fourth-order valence-corrected chi connectivity index (χ4v) is 2.23. The van der Waals surface area contributed by atoms with Gasteiger partial charge in [-0.05, 0) is 19.9 Å². The largest absolute Gasteiger partial charge is 0.391 e. The van der Waals surface area contributed by atoms with Crippen LogP contribution in [0.5, 0.6) is 0 Å². The Morgan fingerprint density at radius 2 is 2.18 bits per heavy atom. The second kappa shape index (κ2) is 2.73. The number of nitrogens with one attached hydrogen (secondary N) is 1. The number of likely N-dealkylation sites (N-methyl/N-ethyl adjacent to an activating group) is 1. The zero-order chi connectivity index (χ0) is 7.84. The van der Waals surface area contributed by atoms with E-state index in [4.69, 9.17) is 0 Å². The molecule has 0 radical (unpaired) electrons. The zero-order valence-corrected chi connectivity index (χ0v) is 6.95. The summed E-state index contributed by atoms with van der Waals surface area (Å²) < 4.78 is 0. The summed E-state index contributed by atoms with van der Waals surface area (Å²) in [7, 11) is 2.12. The van der Waals surface area contributed by atoms with Crippen molar-refractivity contribution < 1.29 is 5.11 Å². The first-order valence-electron chi connectivity index (χ1n) is 4.40. The van der Waals surface area contributed by atoms with E-state index in [0.29, 0.717) is 12.1 Å². The van der Waals surface area contributed by atoms with Gasteiger partial charge in [0, 0.05) is 25.2 Å². The van der Waals surface area contributed by atoms with Crippen molar-refractivity contribution in [2.24, 2.45) is 0 Å². The van der Waals surface area contributed by atoms with Crippen LogP contribution in [0.25, 0.3) is 0 Å². The van der Waals surface area contributed by atoms with Crippen LogP contribution in [0.3, 0.4) is 0 Å². The quantitative estimate of drug-likeness (QED) is 0.492. The van der Waals surface area contributed by atoms with Gasteiger partial charge < -0.3 is 10.4 Å². The Morgan fingerprint density at radius 1 is 1.36 bits per heavy atom. The molecule has 2 bridgehead atoms. The second-order valence-corrected chi connectivity index (χ2v) is 3.69. The summed E-state index contributed by atoms with van der Waals surface area (Å²) in [5.41, 5.74) is 0. The molecule has 0 amide bonds. The van der Waals surface area contributed by atoms with Gasteiger partial charge in [0.2, 0.25) is 0 Å². The molecule has 64 valence electrons. The van der Waals surface area contributed by atoms with E-state index in [0.717, 1.165) is 25.9 Å². The average Bonchev–Trinajstić information content (AvgIpc) is 1.98. The van der Waals surface area contributed by atoms with Crippen LogP contribution in [0, 0.1) is 0 Å². The highest BCUT2D eigenvalue weighted by molar-refractivity contribution is 4.94. The summed E-state index contributed by atoms with van der Waals surface area (Å²) in [6, 6.07) is 1.03. The van der Waals surface area contributed by atoms with Crippen molar-refractivity contribution in [1.82, 2.24) is 10.2 Å². The fourth-order valence-electron chi connectivity index (χ4n) is 2.23. The van der Waals surface area contributed by atoms with Gasteiger partial charge in [-0.2, -0.15) is 0 Å². The van der Waals surface area contributed by atoms with E-state index in [1.54, 1.807) is 0 Å². The highest BCUT2D eigenvalue weighted by atomic mass is 16.3. The van der Waals surface area contributed by atoms with Gasteiger partial charge in [-0.1, -0.05) is 0 Å². The first-order valence-corrected chi connectivity index (χ1v) is 4.40. The first kappa shape index (κ1) is 7.53. The topological polar surface area (TPSA) is 35.5 Å². The van der Waals surface area contributed by atoms with E-state index in [-0.39, 0.29) is 6.10 Å². The maximum atomic E-state index is 9.61. The molecule has 11 heavy (non-hydrogen) atoms. The van der Waals surface area contributed by atoms with E-state index in [1.165, 1.54) is 0 Å². The Morgan fingerprint density at radius 3 is 2.91 bits per heavy atom. The molecule has 0 unspecified atom stereocenters. The van der Waals surface area contributed by atoms with E-state index >= 15 is 0 Å². The van der Waals surface area contributed by atoms with Crippen molar-refractivity contribution in [3.05, 3.63) is 0 Å². The highest BCUT2D eigenvalue weighted by Gasteiger charge is 2.36. The van der Waals surface area contributed by atoms with Crippen LogP contribution in [0.2, 0.25) is 0 Å². The summed E-state index contributed by atoms with van der Waals surface area (Å²) in [6.45, 7) is 2.05. The lowest BCUT2D eigenvalue weighted by Gasteiger charge is -2.46. The Hall–Kier alpha value is -0.120. The number of aliphatic hydroxyl groups is 1. The lowest BCUT2D eigenvalue weighted by Crippen LogP contribution is -2.62. The van der Waals surface area contributed by atoms with Gasteiger partial charge in [0.05, 0.1) is 6.10 Å². The van der Waals surface area contributed by atoms with Crippen molar-refractivity contribution in [2.75, 3.05) is 20.1 Å². The number of rotatable bonds is 0. The molecule has 2 aliphatic rings. The number of nitrogens with zero attached hydrogens (tertiary/aromatic N) is 1. The number of fused-ring (bicyclic) bond motifs is 2. The molecule has 2 aliphatic heterocycles. The van der Waals surface area contributed by atoms with Gasteiger partial charge in [-0.15, -0.1) is 0 Å². The summed E-state index contributed by atoms with van der Waals surface area (Å²) >= 11 is 0. The molecular formula is C8H16N2O. The minimum atomic E-state index is -0.107. The molecular weight excluding hydrogens is 140 g/mol. The monoisotopic (exact) mass is 156 g/mol. The maximum Gasteiger partial charge on any atom is 0.0708 e. The van der Waals surface area contributed by atoms with Gasteiger partial charge in [0.15, 0.2) is 0 Å². The van der Waals surface area contributed by atoms with Gasteiger partial charge >= 0.3 is 0 Å². The second-order valence-electron chi connectivity index (χ2n) is 3.69. The van der Waals surface area contributed by atoms with Crippen LogP contribution in [-0.4, -0.2) is 48.3 Å². The van der Waals surface area contributed by atoms with Crippen LogP contribution >= 0.6 is 0 Å². The predicted molar refractivity (Wildman–Crippen MR) is 43.4 cm³/mol. The number of piperazine rings is 1. The summed E-state index contributed by atoms with van der Waals surface area (Å²) in [5.74, 6) is 0. The summed E-state index contributed by atoms with van der Waals surface area (Å²) in [4.78, 5) is 2.32. The smallest absolute Gasteiger partial charge is 0.0708 e. The number of hydrogen-bond donors (Lipinski definition) is 2. The van der Waals surface area contributed by atoms with E-state index in [9.17, 15) is 5.11 Å². The van der Waals surface area contributed by atoms with Crippen molar-refractivity contribution >= 4 is 0 Å². The molecule has 2 rings (SSSR count). The van der Waals surface area contributed by atoms with Crippen LogP contribution in [0.15, 0.2) is 0 Å². The predicted octanol–water partition coefficient (Wildman–Crippen LogP) is -0.587. The number of piperidine rings is 1. The molecule has 0 aliphatic carbocycles. The SMILES string of the molecule is CN1[C@H]2CC[C@@H](O)[C@H]1CNC2. The maximum absolute atomic E-state index is 9.61. The van der Waals surface area contributed by atoms with Crippen LogP contribution in [0.1, 0.15) is 12.8 Å². The van der Waals surface area contributed by atoms with Crippen molar-refractivity contribution in [3.8, 4) is 0 Å². The summed E-state index contributed by atoms with van der Waals surface area (Å²) in [6.07, 6.45) is 2.02. The Balaban J connectivity index is 2.09. The molecule has 2 fully saturated rings. The van der Waals surface area contributed by atoms with E-state index in [1.807, 2.05) is 0 Å². The summed E-state index contributed by atoms with van der Waals surface area (Å²) in [5, 5.41) is 13.0. The van der Waals surface area contributed by atoms with Crippen LogP contribution in [-0.2, 0) is 0 Å². The lowest BCUT2D eigenvalue weighted by atomic mass is 9.91. The fraction of sp³-hybridized carbons (Fsp3) is 1.00. The third-order valence-corrected chi connectivity index (χ3v) is 3.07. The highest BCUT2D eigenvalue weighted by Crippen LogP contribution is 2.23. The van der Waals surface area contributed by atoms with Crippen molar-refractivity contribution in [2.45, 2.75) is 31.0 Å². The number of hydrogen-bond acceptors (Lipinski definition) is 3. The van der Waals surface area contributed by atoms with E-state index < -0.39 is 0 Å². The third kappa shape index (κ3) is 1.17. The average molecular weight is 156 g/mol. The molecule has 2 saturated heterocycles. The Kier molecular flexibility index (Phi) is 1.87. The molecule has 0 saturated carbocycles. The molecule has 0 spiro atoms. The normalized spacial score (nSPS) is 45.8.